The third kappa shape index (κ3) is 5.76. The quantitative estimate of drug-likeness (QED) is 0.837. The Bertz CT molecular complexity index is 442. The lowest BCUT2D eigenvalue weighted by molar-refractivity contribution is -0.121. The Balaban J connectivity index is 1.62. The molecule has 4 nitrogen and oxygen atoms in total. The van der Waals surface area contributed by atoms with Crippen LogP contribution >= 0.6 is 0 Å². The normalized spacial score (nSPS) is 15.7. The number of hydrogen-bond donors (Lipinski definition) is 1. The largest absolute Gasteiger partial charge is 0.497 e. The Morgan fingerprint density at radius 2 is 2.10 bits per heavy atom. The standard InChI is InChI=1S/C17H26N2O2/c1-21-16-7-5-6-15(14-16)8-10-18-17(20)9-13-19-11-3-2-4-12-19/h5-7,14H,2-4,8-13H2,1H3,(H,18,20). The van der Waals surface area contributed by atoms with Crippen molar-refractivity contribution in [2.75, 3.05) is 33.3 Å². The molecule has 1 aliphatic heterocycles. The van der Waals surface area contributed by atoms with Crippen molar-refractivity contribution < 1.29 is 9.53 Å². The SMILES string of the molecule is COc1cccc(CCNC(=O)CCN2CCCCC2)c1. The van der Waals surface area contributed by atoms with Crippen molar-refractivity contribution in [3.63, 3.8) is 0 Å². The van der Waals surface area contributed by atoms with Crippen LogP contribution in [0.3, 0.4) is 0 Å². The van der Waals surface area contributed by atoms with Gasteiger partial charge < -0.3 is 15.0 Å². The van der Waals surface area contributed by atoms with Gasteiger partial charge in [-0.2, -0.15) is 0 Å². The average Bonchev–Trinajstić information content (AvgIpc) is 2.54. The van der Waals surface area contributed by atoms with Crippen LogP contribution in [0.5, 0.6) is 5.75 Å². The lowest BCUT2D eigenvalue weighted by atomic mass is 10.1. The van der Waals surface area contributed by atoms with Crippen LogP contribution in [-0.2, 0) is 11.2 Å². The first-order chi connectivity index (χ1) is 10.3. The van der Waals surface area contributed by atoms with Crippen LogP contribution in [-0.4, -0.2) is 44.1 Å². The van der Waals surface area contributed by atoms with Crippen molar-refractivity contribution in [2.24, 2.45) is 0 Å². The summed E-state index contributed by atoms with van der Waals surface area (Å²) in [5.74, 6) is 1.02. The number of ether oxygens (including phenoxy) is 1. The summed E-state index contributed by atoms with van der Waals surface area (Å²) < 4.78 is 5.20. The van der Waals surface area contributed by atoms with Crippen LogP contribution in [0.25, 0.3) is 0 Å². The number of methoxy groups -OCH3 is 1. The number of benzene rings is 1. The fourth-order valence-corrected chi connectivity index (χ4v) is 2.71. The van der Waals surface area contributed by atoms with Crippen LogP contribution in [0.15, 0.2) is 24.3 Å². The van der Waals surface area contributed by atoms with Gasteiger partial charge in [-0.15, -0.1) is 0 Å². The van der Waals surface area contributed by atoms with Crippen LogP contribution in [0.2, 0.25) is 0 Å². The highest BCUT2D eigenvalue weighted by Crippen LogP contribution is 2.12. The molecule has 0 atom stereocenters. The predicted molar refractivity (Wildman–Crippen MR) is 84.6 cm³/mol. The maximum atomic E-state index is 11.8. The number of amides is 1. The van der Waals surface area contributed by atoms with Gasteiger partial charge in [-0.05, 0) is 50.0 Å². The molecule has 1 amide bonds. The molecule has 1 heterocycles. The van der Waals surface area contributed by atoms with Crippen LogP contribution in [0, 0.1) is 0 Å². The molecule has 1 N–H and O–H groups in total. The third-order valence-electron chi connectivity index (χ3n) is 3.97. The summed E-state index contributed by atoms with van der Waals surface area (Å²) in [6, 6.07) is 7.98. The predicted octanol–water partition coefficient (Wildman–Crippen LogP) is 2.23. The van der Waals surface area contributed by atoms with E-state index < -0.39 is 0 Å². The summed E-state index contributed by atoms with van der Waals surface area (Å²) in [4.78, 5) is 14.2. The van der Waals surface area contributed by atoms with E-state index in [1.54, 1.807) is 7.11 Å². The number of carbonyl (C=O) groups is 1. The molecule has 0 saturated carbocycles. The molecule has 1 fully saturated rings. The van der Waals surface area contributed by atoms with Crippen molar-refractivity contribution >= 4 is 5.91 Å². The van der Waals surface area contributed by atoms with Gasteiger partial charge >= 0.3 is 0 Å². The van der Waals surface area contributed by atoms with Crippen LogP contribution < -0.4 is 10.1 Å². The fourth-order valence-electron chi connectivity index (χ4n) is 2.71. The van der Waals surface area contributed by atoms with Gasteiger partial charge in [0.2, 0.25) is 5.91 Å². The van der Waals surface area contributed by atoms with Gasteiger partial charge in [0.05, 0.1) is 7.11 Å². The van der Waals surface area contributed by atoms with Gasteiger partial charge in [-0.3, -0.25) is 4.79 Å². The summed E-state index contributed by atoms with van der Waals surface area (Å²) >= 11 is 0. The highest BCUT2D eigenvalue weighted by molar-refractivity contribution is 5.76. The number of hydrogen-bond acceptors (Lipinski definition) is 3. The number of likely N-dealkylation sites (tertiary alicyclic amines) is 1. The molecular weight excluding hydrogens is 264 g/mol. The van der Waals surface area contributed by atoms with E-state index in [1.807, 2.05) is 18.2 Å². The monoisotopic (exact) mass is 290 g/mol. The van der Waals surface area contributed by atoms with Gasteiger partial charge in [-0.25, -0.2) is 0 Å². The van der Waals surface area contributed by atoms with Crippen molar-refractivity contribution in [3.05, 3.63) is 29.8 Å². The molecule has 1 saturated heterocycles. The molecule has 0 unspecified atom stereocenters. The molecule has 1 aromatic carbocycles. The first kappa shape index (κ1) is 15.8. The van der Waals surface area contributed by atoms with Gasteiger partial charge in [0.15, 0.2) is 0 Å². The lowest BCUT2D eigenvalue weighted by Crippen LogP contribution is -2.34. The molecule has 2 rings (SSSR count). The molecule has 0 radical (unpaired) electrons. The number of rotatable bonds is 7. The van der Waals surface area contributed by atoms with Crippen LogP contribution in [0.1, 0.15) is 31.2 Å². The molecule has 0 bridgehead atoms. The Morgan fingerprint density at radius 1 is 1.29 bits per heavy atom. The van der Waals surface area contributed by atoms with Crippen molar-refractivity contribution in [1.29, 1.82) is 0 Å². The zero-order valence-electron chi connectivity index (χ0n) is 12.9. The Morgan fingerprint density at radius 3 is 2.86 bits per heavy atom. The fraction of sp³-hybridized carbons (Fsp3) is 0.588. The van der Waals surface area contributed by atoms with E-state index >= 15 is 0 Å². The van der Waals surface area contributed by atoms with E-state index in [4.69, 9.17) is 4.74 Å². The molecule has 4 heteroatoms. The molecule has 0 spiro atoms. The van der Waals surface area contributed by atoms with E-state index in [9.17, 15) is 4.79 Å². The number of piperidine rings is 1. The van der Waals surface area contributed by atoms with Gasteiger partial charge in [0, 0.05) is 19.5 Å². The zero-order chi connectivity index (χ0) is 14.9. The minimum atomic E-state index is 0.156. The highest BCUT2D eigenvalue weighted by Gasteiger charge is 2.11. The number of nitrogens with one attached hydrogen (secondary N) is 1. The van der Waals surface area contributed by atoms with E-state index in [2.05, 4.69) is 16.3 Å². The van der Waals surface area contributed by atoms with Crippen molar-refractivity contribution in [3.8, 4) is 5.75 Å². The summed E-state index contributed by atoms with van der Waals surface area (Å²) in [5.41, 5.74) is 1.19. The average molecular weight is 290 g/mol. The Labute approximate surface area is 127 Å². The molecule has 116 valence electrons. The van der Waals surface area contributed by atoms with E-state index in [0.717, 1.165) is 31.8 Å². The summed E-state index contributed by atoms with van der Waals surface area (Å²) in [5, 5.41) is 3.00. The molecule has 1 aromatic rings. The maximum Gasteiger partial charge on any atom is 0.221 e. The third-order valence-corrected chi connectivity index (χ3v) is 3.97. The van der Waals surface area contributed by atoms with E-state index in [0.29, 0.717) is 13.0 Å². The Hall–Kier alpha value is -1.55. The van der Waals surface area contributed by atoms with Gasteiger partial charge in [0.25, 0.3) is 0 Å². The van der Waals surface area contributed by atoms with Gasteiger partial charge in [-0.1, -0.05) is 18.6 Å². The second-order valence-electron chi connectivity index (χ2n) is 5.60. The number of nitrogens with zero attached hydrogens (tertiary/aromatic N) is 1. The first-order valence-corrected chi connectivity index (χ1v) is 7.90. The summed E-state index contributed by atoms with van der Waals surface area (Å²) in [6.45, 7) is 3.88. The summed E-state index contributed by atoms with van der Waals surface area (Å²) in [7, 11) is 1.67. The topological polar surface area (TPSA) is 41.6 Å². The Kier molecular flexibility index (Phi) is 6.54. The first-order valence-electron chi connectivity index (χ1n) is 7.90. The molecular formula is C17H26N2O2. The van der Waals surface area contributed by atoms with Crippen LogP contribution in [0.4, 0.5) is 0 Å². The minimum absolute atomic E-state index is 0.156. The minimum Gasteiger partial charge on any atom is -0.497 e. The summed E-state index contributed by atoms with van der Waals surface area (Å²) in [6.07, 6.45) is 5.34. The lowest BCUT2D eigenvalue weighted by Gasteiger charge is -2.25. The van der Waals surface area contributed by atoms with E-state index in [1.165, 1.54) is 24.8 Å². The highest BCUT2D eigenvalue weighted by atomic mass is 16.5. The molecule has 0 aromatic heterocycles. The maximum absolute atomic E-state index is 11.8. The smallest absolute Gasteiger partial charge is 0.221 e. The zero-order valence-corrected chi connectivity index (χ0v) is 12.9. The second kappa shape index (κ2) is 8.67. The van der Waals surface area contributed by atoms with Gasteiger partial charge in [0.1, 0.15) is 5.75 Å². The molecule has 21 heavy (non-hydrogen) atoms. The van der Waals surface area contributed by atoms with Crippen molar-refractivity contribution in [2.45, 2.75) is 32.1 Å². The second-order valence-corrected chi connectivity index (χ2v) is 5.60. The number of carbonyl (C=O) groups excluding carboxylic acids is 1. The van der Waals surface area contributed by atoms with Crippen molar-refractivity contribution in [1.82, 2.24) is 10.2 Å². The molecule has 0 aliphatic carbocycles. The van der Waals surface area contributed by atoms with E-state index in [-0.39, 0.29) is 5.91 Å². The molecule has 1 aliphatic rings.